The Balaban J connectivity index is 2.17. The monoisotopic (exact) mass is 354 g/mol. The normalized spacial score (nSPS) is 10.2. The van der Waals surface area contributed by atoms with Crippen LogP contribution in [0.3, 0.4) is 0 Å². The van der Waals surface area contributed by atoms with Crippen molar-refractivity contribution >= 4 is 39.9 Å². The molecule has 18 heavy (non-hydrogen) atoms. The number of aromatic nitrogens is 2. The van der Waals surface area contributed by atoms with Crippen molar-refractivity contribution in [1.29, 1.82) is 0 Å². The van der Waals surface area contributed by atoms with E-state index in [4.69, 9.17) is 0 Å². The zero-order valence-corrected chi connectivity index (χ0v) is 12.5. The average molecular weight is 354 g/mol. The molecule has 0 radical (unpaired) electrons. The number of benzene rings is 1. The van der Waals surface area contributed by atoms with Crippen LogP contribution in [-0.2, 0) is 0 Å². The van der Waals surface area contributed by atoms with E-state index in [1.165, 1.54) is 9.13 Å². The van der Waals surface area contributed by atoms with Gasteiger partial charge < -0.3 is 10.6 Å². The lowest BCUT2D eigenvalue weighted by Crippen LogP contribution is -2.01. The Labute approximate surface area is 120 Å². The number of hydrogen-bond acceptors (Lipinski definition) is 4. The molecule has 0 atom stereocenters. The molecule has 0 fully saturated rings. The van der Waals surface area contributed by atoms with E-state index in [0.29, 0.717) is 0 Å². The summed E-state index contributed by atoms with van der Waals surface area (Å²) in [6.45, 7) is 4.98. The van der Waals surface area contributed by atoms with Crippen LogP contribution in [-0.4, -0.2) is 16.5 Å². The van der Waals surface area contributed by atoms with Gasteiger partial charge in [-0.2, -0.15) is 0 Å². The molecule has 4 nitrogen and oxygen atoms in total. The van der Waals surface area contributed by atoms with Gasteiger partial charge >= 0.3 is 0 Å². The number of nitrogens with one attached hydrogen (secondary N) is 2. The minimum absolute atomic E-state index is 0.792. The van der Waals surface area contributed by atoms with E-state index in [9.17, 15) is 0 Å². The summed E-state index contributed by atoms with van der Waals surface area (Å²) >= 11 is 2.33. The van der Waals surface area contributed by atoms with Crippen molar-refractivity contribution in [3.05, 3.63) is 39.7 Å². The van der Waals surface area contributed by atoms with E-state index >= 15 is 0 Å². The lowest BCUT2D eigenvalue weighted by molar-refractivity contribution is 1.11. The van der Waals surface area contributed by atoms with Gasteiger partial charge in [-0.15, -0.1) is 0 Å². The molecule has 1 heterocycles. The molecule has 0 aliphatic rings. The maximum absolute atomic E-state index is 4.20. The van der Waals surface area contributed by atoms with Gasteiger partial charge in [-0.25, -0.2) is 9.97 Å². The highest BCUT2D eigenvalue weighted by atomic mass is 127. The molecule has 0 aliphatic carbocycles. The van der Waals surface area contributed by atoms with Crippen molar-refractivity contribution in [2.75, 3.05) is 17.2 Å². The number of hydrogen-bond donors (Lipinski definition) is 2. The van der Waals surface area contributed by atoms with E-state index in [2.05, 4.69) is 62.2 Å². The first kappa shape index (κ1) is 13.1. The van der Waals surface area contributed by atoms with Gasteiger partial charge in [0, 0.05) is 21.9 Å². The van der Waals surface area contributed by atoms with Crippen molar-refractivity contribution in [2.45, 2.75) is 13.8 Å². The summed E-state index contributed by atoms with van der Waals surface area (Å²) in [5.41, 5.74) is 2.31. The summed E-state index contributed by atoms with van der Waals surface area (Å²) in [5, 5.41) is 6.44. The summed E-state index contributed by atoms with van der Waals surface area (Å²) in [6, 6.07) is 8.14. The third-order valence-electron chi connectivity index (χ3n) is 2.47. The molecular weight excluding hydrogens is 339 g/mol. The number of anilines is 3. The summed E-state index contributed by atoms with van der Waals surface area (Å²) in [4.78, 5) is 8.34. The average Bonchev–Trinajstić information content (AvgIpc) is 2.35. The molecule has 0 saturated carbocycles. The Hall–Kier alpha value is -1.37. The molecule has 0 saturated heterocycles. The Kier molecular flexibility index (Phi) is 4.35. The van der Waals surface area contributed by atoms with Crippen LogP contribution in [0.2, 0.25) is 0 Å². The predicted molar refractivity (Wildman–Crippen MR) is 83.4 cm³/mol. The summed E-state index contributed by atoms with van der Waals surface area (Å²) in [7, 11) is 0. The van der Waals surface area contributed by atoms with Crippen LogP contribution in [0, 0.1) is 10.5 Å². The van der Waals surface area contributed by atoms with Crippen molar-refractivity contribution in [2.24, 2.45) is 0 Å². The zero-order valence-electron chi connectivity index (χ0n) is 10.4. The molecule has 0 bridgehead atoms. The molecule has 1 aromatic carbocycles. The highest BCUT2D eigenvalue weighted by Gasteiger charge is 2.00. The second kappa shape index (κ2) is 5.99. The predicted octanol–water partition coefficient (Wildman–Crippen LogP) is 3.57. The highest BCUT2D eigenvalue weighted by Crippen LogP contribution is 2.20. The fraction of sp³-hybridized carbons (Fsp3) is 0.231. The van der Waals surface area contributed by atoms with Gasteiger partial charge in [-0.1, -0.05) is 6.07 Å². The van der Waals surface area contributed by atoms with Gasteiger partial charge in [0.2, 0.25) is 0 Å². The van der Waals surface area contributed by atoms with Gasteiger partial charge in [0.1, 0.15) is 18.0 Å². The molecule has 5 heteroatoms. The first-order valence-corrected chi connectivity index (χ1v) is 6.86. The van der Waals surface area contributed by atoms with Gasteiger partial charge in [-0.05, 0) is 54.1 Å². The van der Waals surface area contributed by atoms with E-state index < -0.39 is 0 Å². The largest absolute Gasteiger partial charge is 0.370 e. The molecule has 0 unspecified atom stereocenters. The van der Waals surface area contributed by atoms with Gasteiger partial charge in [0.25, 0.3) is 0 Å². The van der Waals surface area contributed by atoms with E-state index in [0.717, 1.165) is 23.9 Å². The second-order valence-corrected chi connectivity index (χ2v) is 5.07. The van der Waals surface area contributed by atoms with Crippen LogP contribution >= 0.6 is 22.6 Å². The van der Waals surface area contributed by atoms with Crippen molar-refractivity contribution in [3.8, 4) is 0 Å². The highest BCUT2D eigenvalue weighted by molar-refractivity contribution is 14.1. The Morgan fingerprint density at radius 2 is 1.94 bits per heavy atom. The summed E-state index contributed by atoms with van der Waals surface area (Å²) in [5.74, 6) is 1.62. The van der Waals surface area contributed by atoms with Crippen LogP contribution in [0.25, 0.3) is 0 Å². The van der Waals surface area contributed by atoms with Gasteiger partial charge in [-0.3, -0.25) is 0 Å². The lowest BCUT2D eigenvalue weighted by Gasteiger charge is -2.08. The topological polar surface area (TPSA) is 49.8 Å². The second-order valence-electron chi connectivity index (χ2n) is 3.91. The number of nitrogens with zero attached hydrogens (tertiary/aromatic N) is 2. The van der Waals surface area contributed by atoms with Crippen LogP contribution in [0.5, 0.6) is 0 Å². The van der Waals surface area contributed by atoms with Crippen LogP contribution in [0.15, 0.2) is 30.6 Å². The van der Waals surface area contributed by atoms with Crippen LogP contribution in [0.4, 0.5) is 17.3 Å². The summed E-state index contributed by atoms with van der Waals surface area (Å²) < 4.78 is 1.23. The molecule has 2 rings (SSSR count). The number of rotatable bonds is 4. The number of aryl methyl sites for hydroxylation is 1. The third kappa shape index (κ3) is 3.32. The first-order chi connectivity index (χ1) is 8.69. The number of halogens is 1. The Morgan fingerprint density at radius 1 is 1.17 bits per heavy atom. The van der Waals surface area contributed by atoms with E-state index in [1.54, 1.807) is 6.33 Å². The smallest absolute Gasteiger partial charge is 0.135 e. The molecule has 1 aromatic heterocycles. The van der Waals surface area contributed by atoms with Crippen LogP contribution in [0.1, 0.15) is 12.5 Å². The molecule has 2 N–H and O–H groups in total. The maximum Gasteiger partial charge on any atom is 0.135 e. The minimum Gasteiger partial charge on any atom is -0.370 e. The van der Waals surface area contributed by atoms with Crippen molar-refractivity contribution in [3.63, 3.8) is 0 Å². The standard InChI is InChI=1S/C13H15IN4/c1-3-15-12-7-13(17-8-16-12)18-10-5-4-9(2)11(14)6-10/h4-8H,3H2,1-2H3,(H2,15,16,17,18). The van der Waals surface area contributed by atoms with E-state index in [-0.39, 0.29) is 0 Å². The van der Waals surface area contributed by atoms with Crippen LogP contribution < -0.4 is 10.6 Å². The molecule has 0 aliphatic heterocycles. The summed E-state index contributed by atoms with van der Waals surface area (Å²) in [6.07, 6.45) is 1.56. The quantitative estimate of drug-likeness (QED) is 0.825. The minimum atomic E-state index is 0.792. The third-order valence-corrected chi connectivity index (χ3v) is 3.63. The Morgan fingerprint density at radius 3 is 2.67 bits per heavy atom. The van der Waals surface area contributed by atoms with E-state index in [1.807, 2.05) is 19.1 Å². The van der Waals surface area contributed by atoms with Gasteiger partial charge in [0.05, 0.1) is 0 Å². The Bertz CT molecular complexity index is 542. The molecule has 2 aromatic rings. The molecular formula is C13H15IN4. The van der Waals surface area contributed by atoms with Crippen molar-refractivity contribution in [1.82, 2.24) is 9.97 Å². The lowest BCUT2D eigenvalue weighted by atomic mass is 10.2. The van der Waals surface area contributed by atoms with Crippen molar-refractivity contribution < 1.29 is 0 Å². The first-order valence-electron chi connectivity index (χ1n) is 5.78. The maximum atomic E-state index is 4.20. The zero-order chi connectivity index (χ0) is 13.0. The SMILES string of the molecule is CCNc1cc(Nc2ccc(C)c(I)c2)ncn1. The molecule has 94 valence electrons. The molecule has 0 spiro atoms. The molecule has 0 amide bonds. The fourth-order valence-electron chi connectivity index (χ4n) is 1.52. The van der Waals surface area contributed by atoms with Gasteiger partial charge in [0.15, 0.2) is 0 Å². The fourth-order valence-corrected chi connectivity index (χ4v) is 2.04.